The highest BCUT2D eigenvalue weighted by Gasteiger charge is 2.10. The van der Waals surface area contributed by atoms with Gasteiger partial charge in [0.15, 0.2) is 0 Å². The second-order valence-electron chi connectivity index (χ2n) is 5.02. The van der Waals surface area contributed by atoms with Crippen molar-refractivity contribution >= 4 is 0 Å². The molecule has 0 aliphatic carbocycles. The van der Waals surface area contributed by atoms with Crippen LogP contribution < -0.4 is 5.32 Å². The highest BCUT2D eigenvalue weighted by atomic mass is 16.5. The molecule has 1 aromatic carbocycles. The minimum atomic E-state index is -0.459. The molecule has 0 amide bonds. The summed E-state index contributed by atoms with van der Waals surface area (Å²) in [5, 5.41) is 13.1. The Hall–Kier alpha value is -0.900. The van der Waals surface area contributed by atoms with Gasteiger partial charge in [0.2, 0.25) is 0 Å². The predicted octanol–water partition coefficient (Wildman–Crippen LogP) is 2.43. The van der Waals surface area contributed by atoms with E-state index in [0.29, 0.717) is 13.2 Å². The Morgan fingerprint density at radius 1 is 1.22 bits per heavy atom. The van der Waals surface area contributed by atoms with E-state index >= 15 is 0 Å². The van der Waals surface area contributed by atoms with Crippen molar-refractivity contribution in [1.29, 1.82) is 0 Å². The Morgan fingerprint density at radius 3 is 2.50 bits per heavy atom. The molecule has 0 radical (unpaired) electrons. The van der Waals surface area contributed by atoms with Crippen LogP contribution in [0.4, 0.5) is 0 Å². The smallest absolute Gasteiger partial charge is 0.0898 e. The summed E-state index contributed by atoms with van der Waals surface area (Å²) < 4.78 is 5.38. The van der Waals surface area contributed by atoms with E-state index in [-0.39, 0.29) is 12.1 Å². The van der Waals surface area contributed by atoms with Crippen LogP contribution in [-0.4, -0.2) is 30.5 Å². The van der Waals surface area contributed by atoms with Crippen LogP contribution in [0.25, 0.3) is 0 Å². The lowest BCUT2D eigenvalue weighted by molar-refractivity contribution is 0.00560. The summed E-state index contributed by atoms with van der Waals surface area (Å²) >= 11 is 0. The molecule has 1 aromatic rings. The highest BCUT2D eigenvalue weighted by molar-refractivity contribution is 5.28. The van der Waals surface area contributed by atoms with E-state index in [2.05, 4.69) is 31.3 Å². The fourth-order valence-corrected chi connectivity index (χ4v) is 1.86. The van der Waals surface area contributed by atoms with Crippen LogP contribution in [0.5, 0.6) is 0 Å². The van der Waals surface area contributed by atoms with Gasteiger partial charge < -0.3 is 15.2 Å². The van der Waals surface area contributed by atoms with Gasteiger partial charge in [0.1, 0.15) is 0 Å². The molecule has 1 unspecified atom stereocenters. The standard InChI is InChI=1S/C15H25NO2/c1-11(2)18-10-14(17)9-16-13(4)15-8-6-5-7-12(15)3/h5-8,11,13-14,16-17H,9-10H2,1-4H3/t13-,14?/m1/s1. The number of ether oxygens (including phenoxy) is 1. The maximum Gasteiger partial charge on any atom is 0.0898 e. The minimum absolute atomic E-state index is 0.161. The number of aliphatic hydroxyl groups is 1. The van der Waals surface area contributed by atoms with Gasteiger partial charge in [0.05, 0.1) is 18.8 Å². The largest absolute Gasteiger partial charge is 0.389 e. The van der Waals surface area contributed by atoms with Gasteiger partial charge in [-0.2, -0.15) is 0 Å². The second kappa shape index (κ2) is 7.52. The first-order chi connectivity index (χ1) is 8.50. The normalized spacial score (nSPS) is 14.8. The fourth-order valence-electron chi connectivity index (χ4n) is 1.86. The third kappa shape index (κ3) is 5.17. The van der Waals surface area contributed by atoms with Crippen LogP contribution in [-0.2, 0) is 4.74 Å². The third-order valence-corrected chi connectivity index (χ3v) is 2.94. The predicted molar refractivity (Wildman–Crippen MR) is 74.7 cm³/mol. The first-order valence-corrected chi connectivity index (χ1v) is 6.59. The molecule has 102 valence electrons. The Balaban J connectivity index is 2.37. The van der Waals surface area contributed by atoms with E-state index in [0.717, 1.165) is 0 Å². The van der Waals surface area contributed by atoms with E-state index in [4.69, 9.17) is 4.74 Å². The van der Waals surface area contributed by atoms with Crippen LogP contribution in [0.15, 0.2) is 24.3 Å². The number of aliphatic hydroxyl groups excluding tert-OH is 1. The number of aryl methyl sites for hydroxylation is 1. The minimum Gasteiger partial charge on any atom is -0.389 e. The molecule has 0 bridgehead atoms. The summed E-state index contributed by atoms with van der Waals surface area (Å²) in [6, 6.07) is 8.53. The molecule has 0 aliphatic heterocycles. The molecule has 3 nitrogen and oxygen atoms in total. The number of nitrogens with one attached hydrogen (secondary N) is 1. The average Bonchev–Trinajstić information content (AvgIpc) is 2.34. The van der Waals surface area contributed by atoms with Gasteiger partial charge >= 0.3 is 0 Å². The van der Waals surface area contributed by atoms with Crippen molar-refractivity contribution in [2.75, 3.05) is 13.2 Å². The number of hydrogen-bond acceptors (Lipinski definition) is 3. The second-order valence-corrected chi connectivity index (χ2v) is 5.02. The summed E-state index contributed by atoms with van der Waals surface area (Å²) in [6.45, 7) is 9.07. The van der Waals surface area contributed by atoms with E-state index in [9.17, 15) is 5.11 Å². The molecule has 0 heterocycles. The molecule has 0 spiro atoms. The van der Waals surface area contributed by atoms with Crippen molar-refractivity contribution in [3.63, 3.8) is 0 Å². The Labute approximate surface area is 110 Å². The van der Waals surface area contributed by atoms with Crippen molar-refractivity contribution < 1.29 is 9.84 Å². The van der Waals surface area contributed by atoms with E-state index in [1.165, 1.54) is 11.1 Å². The summed E-state index contributed by atoms with van der Waals surface area (Å²) in [4.78, 5) is 0. The molecule has 1 rings (SSSR count). The van der Waals surface area contributed by atoms with Gasteiger partial charge in [0.25, 0.3) is 0 Å². The molecular formula is C15H25NO2. The van der Waals surface area contributed by atoms with Gasteiger partial charge in [0, 0.05) is 12.6 Å². The van der Waals surface area contributed by atoms with Crippen molar-refractivity contribution in [2.45, 2.75) is 45.9 Å². The van der Waals surface area contributed by atoms with Crippen LogP contribution in [0, 0.1) is 6.92 Å². The molecule has 0 fully saturated rings. The Morgan fingerprint density at radius 2 is 1.89 bits per heavy atom. The summed E-state index contributed by atoms with van der Waals surface area (Å²) in [5.74, 6) is 0. The molecule has 0 aromatic heterocycles. The summed E-state index contributed by atoms with van der Waals surface area (Å²) in [7, 11) is 0. The van der Waals surface area contributed by atoms with Gasteiger partial charge in [-0.05, 0) is 38.8 Å². The maximum absolute atomic E-state index is 9.78. The number of rotatable bonds is 7. The van der Waals surface area contributed by atoms with Crippen molar-refractivity contribution in [1.82, 2.24) is 5.32 Å². The van der Waals surface area contributed by atoms with E-state index < -0.39 is 6.10 Å². The van der Waals surface area contributed by atoms with Gasteiger partial charge in [-0.25, -0.2) is 0 Å². The Kier molecular flexibility index (Phi) is 6.33. The number of hydrogen-bond donors (Lipinski definition) is 2. The van der Waals surface area contributed by atoms with Crippen molar-refractivity contribution in [3.05, 3.63) is 35.4 Å². The zero-order valence-electron chi connectivity index (χ0n) is 11.8. The lowest BCUT2D eigenvalue weighted by atomic mass is 10.0. The van der Waals surface area contributed by atoms with Gasteiger partial charge in [-0.3, -0.25) is 0 Å². The summed E-state index contributed by atoms with van der Waals surface area (Å²) in [5.41, 5.74) is 2.54. The molecule has 0 aliphatic rings. The van der Waals surface area contributed by atoms with E-state index in [1.807, 2.05) is 26.0 Å². The molecular weight excluding hydrogens is 226 g/mol. The lowest BCUT2D eigenvalue weighted by Gasteiger charge is -2.19. The van der Waals surface area contributed by atoms with Crippen LogP contribution in [0.1, 0.15) is 37.9 Å². The monoisotopic (exact) mass is 251 g/mol. The molecule has 0 saturated heterocycles. The van der Waals surface area contributed by atoms with Crippen LogP contribution in [0.2, 0.25) is 0 Å². The SMILES string of the molecule is Cc1ccccc1[C@@H](C)NCC(O)COC(C)C. The quantitative estimate of drug-likeness (QED) is 0.782. The summed E-state index contributed by atoms with van der Waals surface area (Å²) in [6.07, 6.45) is -0.299. The molecule has 3 heteroatoms. The van der Waals surface area contributed by atoms with Gasteiger partial charge in [-0.15, -0.1) is 0 Å². The first-order valence-electron chi connectivity index (χ1n) is 6.59. The van der Waals surface area contributed by atoms with Crippen LogP contribution in [0.3, 0.4) is 0 Å². The van der Waals surface area contributed by atoms with Gasteiger partial charge in [-0.1, -0.05) is 24.3 Å². The van der Waals surface area contributed by atoms with Crippen molar-refractivity contribution in [3.8, 4) is 0 Å². The Bertz CT molecular complexity index is 352. The molecule has 2 atom stereocenters. The molecule has 0 saturated carbocycles. The zero-order chi connectivity index (χ0) is 13.5. The molecule has 18 heavy (non-hydrogen) atoms. The average molecular weight is 251 g/mol. The maximum atomic E-state index is 9.78. The van der Waals surface area contributed by atoms with E-state index in [1.54, 1.807) is 0 Å². The fraction of sp³-hybridized carbons (Fsp3) is 0.600. The topological polar surface area (TPSA) is 41.5 Å². The van der Waals surface area contributed by atoms with Crippen molar-refractivity contribution in [2.24, 2.45) is 0 Å². The zero-order valence-corrected chi connectivity index (χ0v) is 11.8. The third-order valence-electron chi connectivity index (χ3n) is 2.94. The molecule has 2 N–H and O–H groups in total. The van der Waals surface area contributed by atoms with Crippen LogP contribution >= 0.6 is 0 Å². The first kappa shape index (κ1) is 15.2. The number of benzene rings is 1. The highest BCUT2D eigenvalue weighted by Crippen LogP contribution is 2.16. The lowest BCUT2D eigenvalue weighted by Crippen LogP contribution is -2.33.